The van der Waals surface area contributed by atoms with Gasteiger partial charge in [-0.1, -0.05) is 13.8 Å². The van der Waals surface area contributed by atoms with Gasteiger partial charge in [0.1, 0.15) is 36.3 Å². The molecule has 0 unspecified atom stereocenters. The lowest BCUT2D eigenvalue weighted by molar-refractivity contribution is -0.142. The normalized spacial score (nSPS) is 15.0. The van der Waals surface area contributed by atoms with Gasteiger partial charge in [0.25, 0.3) is 11.5 Å². The zero-order valence-corrected chi connectivity index (χ0v) is 28.9. The molecule has 3 aromatic heterocycles. The summed E-state index contributed by atoms with van der Waals surface area (Å²) in [5, 5.41) is 3.08. The highest BCUT2D eigenvalue weighted by atomic mass is 32.1. The molecule has 4 heterocycles. The van der Waals surface area contributed by atoms with Crippen LogP contribution in [0, 0.1) is 11.2 Å². The third-order valence-corrected chi connectivity index (χ3v) is 9.98. The molecule has 48 heavy (non-hydrogen) atoms. The van der Waals surface area contributed by atoms with Gasteiger partial charge in [-0.05, 0) is 85.8 Å². The number of likely N-dealkylation sites (N-methyl/N-ethyl adjacent to an activating group) is 1. The number of hydrogen-bond acceptors (Lipinski definition) is 9. The van der Waals surface area contributed by atoms with Gasteiger partial charge in [-0.15, -0.1) is 11.3 Å². The Hall–Kier alpha value is -4.55. The lowest BCUT2D eigenvalue weighted by Crippen LogP contribution is -2.38. The summed E-state index contributed by atoms with van der Waals surface area (Å²) >= 11 is 1.54. The maximum absolute atomic E-state index is 15.5. The van der Waals surface area contributed by atoms with Crippen molar-refractivity contribution in [2.24, 2.45) is 12.5 Å². The van der Waals surface area contributed by atoms with E-state index in [-0.39, 0.29) is 29.2 Å². The molecular weight excluding hydrogens is 633 g/mol. The maximum Gasteiger partial charge on any atom is 0.302 e. The van der Waals surface area contributed by atoms with Crippen LogP contribution in [0.25, 0.3) is 11.1 Å². The van der Waals surface area contributed by atoms with Gasteiger partial charge in [-0.3, -0.25) is 14.4 Å². The number of carbonyl (C=O) groups excluding carboxylic acids is 2. The highest BCUT2D eigenvalue weighted by Crippen LogP contribution is 2.46. The van der Waals surface area contributed by atoms with Crippen molar-refractivity contribution in [2.45, 2.75) is 46.6 Å². The third-order valence-electron chi connectivity index (χ3n) is 8.72. The number of nitrogens with one attached hydrogen (secondary N) is 1. The second-order valence-corrected chi connectivity index (χ2v) is 14.6. The highest BCUT2D eigenvalue weighted by molar-refractivity contribution is 7.14. The van der Waals surface area contributed by atoms with E-state index in [0.29, 0.717) is 58.4 Å². The van der Waals surface area contributed by atoms with Crippen LogP contribution in [0.1, 0.15) is 52.0 Å². The van der Waals surface area contributed by atoms with Crippen molar-refractivity contribution < 1.29 is 23.5 Å². The Morgan fingerprint density at radius 3 is 2.65 bits per heavy atom. The first-order valence-corrected chi connectivity index (χ1v) is 16.7. The minimum Gasteiger partial charge on any atom is -0.491 e. The number of amides is 1. The average molecular weight is 674 g/mol. The minimum absolute atomic E-state index is 0.175. The number of hydrogen-bond donors (Lipinski definition) is 1. The van der Waals surface area contributed by atoms with Gasteiger partial charge in [0.15, 0.2) is 0 Å². The molecule has 2 aliphatic rings. The summed E-state index contributed by atoms with van der Waals surface area (Å²) in [5.74, 6) is -0.233. The fraction of sp³-hybridized carbons (Fsp3) is 0.389. The van der Waals surface area contributed by atoms with Gasteiger partial charge in [-0.2, -0.15) is 0 Å². The van der Waals surface area contributed by atoms with Gasteiger partial charge in [0.2, 0.25) is 0 Å². The van der Waals surface area contributed by atoms with Crippen molar-refractivity contribution in [1.82, 2.24) is 14.5 Å². The van der Waals surface area contributed by atoms with E-state index in [1.165, 1.54) is 34.1 Å². The van der Waals surface area contributed by atoms with Crippen molar-refractivity contribution in [3.8, 4) is 16.9 Å². The molecular formula is C36H40FN5O5S. The molecule has 12 heteroatoms. The zero-order valence-electron chi connectivity index (χ0n) is 28.1. The Morgan fingerprint density at radius 1 is 1.15 bits per heavy atom. The molecule has 0 radical (unpaired) electrons. The number of halogens is 1. The van der Waals surface area contributed by atoms with Gasteiger partial charge < -0.3 is 29.2 Å². The topological polar surface area (TPSA) is 106 Å². The van der Waals surface area contributed by atoms with E-state index in [2.05, 4.69) is 24.1 Å². The van der Waals surface area contributed by atoms with Crippen LogP contribution in [-0.4, -0.2) is 60.1 Å². The summed E-state index contributed by atoms with van der Waals surface area (Å²) in [6, 6.07) is 7.75. The number of anilines is 3. The van der Waals surface area contributed by atoms with E-state index in [9.17, 15) is 14.4 Å². The number of carbonyl (C=O) groups is 2. The quantitative estimate of drug-likeness (QED) is 0.213. The van der Waals surface area contributed by atoms with Crippen molar-refractivity contribution in [3.05, 3.63) is 85.3 Å². The van der Waals surface area contributed by atoms with Crippen molar-refractivity contribution in [3.63, 3.8) is 0 Å². The number of aromatic nitrogens is 2. The van der Waals surface area contributed by atoms with E-state index in [4.69, 9.17) is 9.47 Å². The second-order valence-electron chi connectivity index (χ2n) is 13.5. The van der Waals surface area contributed by atoms with Gasteiger partial charge in [0.05, 0.1) is 16.8 Å². The Labute approximate surface area is 283 Å². The number of esters is 1. The van der Waals surface area contributed by atoms with Crippen LogP contribution in [0.15, 0.2) is 47.5 Å². The molecule has 1 aliphatic carbocycles. The smallest absolute Gasteiger partial charge is 0.302 e. The maximum atomic E-state index is 15.5. The molecule has 0 saturated carbocycles. The third kappa shape index (κ3) is 6.86. The average Bonchev–Trinajstić information content (AvgIpc) is 3.51. The molecule has 6 rings (SSSR count). The lowest BCUT2D eigenvalue weighted by Gasteiger charge is -2.30. The van der Waals surface area contributed by atoms with E-state index in [1.807, 2.05) is 19.0 Å². The first kappa shape index (κ1) is 33.4. The molecule has 0 saturated heterocycles. The second kappa shape index (κ2) is 13.2. The SMILES string of the molecule is CC(=O)OCc1c(-c2cc(Nc3ccc(OCCN(C)C)cn3)c(=O)n(C)c2)cc(F)cc1N1CCc2c(sc3c2CC(C)(C)C3)C1=O. The lowest BCUT2D eigenvalue weighted by atomic mass is 9.89. The molecule has 1 aliphatic heterocycles. The first-order chi connectivity index (χ1) is 22.8. The Morgan fingerprint density at radius 2 is 1.94 bits per heavy atom. The standard InChI is InChI=1S/C36H40FN5O5S/c1-21(43)47-20-28-26(22-13-29(34(44)41(6)19-22)39-32-8-7-24(18-38-32)46-12-11-40(4)5)14-23(37)15-30(28)42-10-9-25-27-16-36(2,3)17-31(27)48-33(25)35(42)45/h7-8,13-15,18-19H,9-12,16-17,20H2,1-6H3,(H,38,39). The monoisotopic (exact) mass is 673 g/mol. The van der Waals surface area contributed by atoms with E-state index >= 15 is 4.39 Å². The van der Waals surface area contributed by atoms with Crippen LogP contribution in [-0.2, 0) is 42.4 Å². The summed E-state index contributed by atoms with van der Waals surface area (Å²) < 4.78 is 28.1. The number of fused-ring (bicyclic) bond motifs is 3. The summed E-state index contributed by atoms with van der Waals surface area (Å²) in [5.41, 5.74) is 4.16. The predicted molar refractivity (Wildman–Crippen MR) is 185 cm³/mol. The van der Waals surface area contributed by atoms with Crippen LogP contribution in [0.2, 0.25) is 0 Å². The largest absolute Gasteiger partial charge is 0.491 e. The fourth-order valence-electron chi connectivity index (χ4n) is 6.41. The Balaban J connectivity index is 1.35. The van der Waals surface area contributed by atoms with Crippen LogP contribution < -0.4 is 20.5 Å². The summed E-state index contributed by atoms with van der Waals surface area (Å²) in [7, 11) is 5.53. The molecule has 252 valence electrons. The number of benzene rings is 1. The van der Waals surface area contributed by atoms with Crippen LogP contribution in [0.5, 0.6) is 5.75 Å². The van der Waals surface area contributed by atoms with Crippen LogP contribution in [0.4, 0.5) is 21.6 Å². The summed E-state index contributed by atoms with van der Waals surface area (Å²) in [6.07, 6.45) is 5.70. The molecule has 1 aromatic carbocycles. The molecule has 1 amide bonds. The number of nitrogens with zero attached hydrogens (tertiary/aromatic N) is 4. The molecule has 0 spiro atoms. The Kier molecular flexibility index (Phi) is 9.14. The summed E-state index contributed by atoms with van der Waals surface area (Å²) in [4.78, 5) is 49.2. The molecule has 10 nitrogen and oxygen atoms in total. The molecule has 0 fully saturated rings. The Bertz CT molecular complexity index is 1950. The van der Waals surface area contributed by atoms with E-state index in [0.717, 1.165) is 24.9 Å². The molecule has 0 bridgehead atoms. The van der Waals surface area contributed by atoms with Crippen LogP contribution >= 0.6 is 11.3 Å². The van der Waals surface area contributed by atoms with E-state index < -0.39 is 11.8 Å². The highest BCUT2D eigenvalue weighted by Gasteiger charge is 2.38. The van der Waals surface area contributed by atoms with E-state index in [1.54, 1.807) is 53.9 Å². The number of ether oxygens (including phenoxy) is 2. The fourth-order valence-corrected chi connectivity index (χ4v) is 7.98. The summed E-state index contributed by atoms with van der Waals surface area (Å²) in [6.45, 7) is 7.23. The zero-order chi connectivity index (χ0) is 34.3. The van der Waals surface area contributed by atoms with Gasteiger partial charge >= 0.3 is 5.97 Å². The number of aryl methyl sites for hydroxylation is 1. The number of pyridine rings is 2. The number of thiophene rings is 1. The number of rotatable bonds is 10. The minimum atomic E-state index is -0.560. The van der Waals surface area contributed by atoms with Crippen LogP contribution in [0.3, 0.4) is 0 Å². The van der Waals surface area contributed by atoms with Gasteiger partial charge in [0, 0.05) is 49.3 Å². The van der Waals surface area contributed by atoms with Crippen molar-refractivity contribution in [2.75, 3.05) is 44.0 Å². The molecule has 1 N–H and O–H groups in total. The molecule has 4 aromatic rings. The van der Waals surface area contributed by atoms with Crippen molar-refractivity contribution in [1.29, 1.82) is 0 Å². The first-order valence-electron chi connectivity index (χ1n) is 15.9. The molecule has 0 atom stereocenters. The van der Waals surface area contributed by atoms with Gasteiger partial charge in [-0.25, -0.2) is 9.37 Å². The predicted octanol–water partition coefficient (Wildman–Crippen LogP) is 5.72. The van der Waals surface area contributed by atoms with Crippen molar-refractivity contribution >= 4 is 40.4 Å².